The Morgan fingerprint density at radius 2 is 1.38 bits per heavy atom. The molecule has 0 aliphatic heterocycles. The maximum absolute atomic E-state index is 12.4. The van der Waals surface area contributed by atoms with Crippen LogP contribution in [0.4, 0.5) is 17.1 Å². The molecule has 9 heteroatoms. The van der Waals surface area contributed by atoms with Gasteiger partial charge in [0.2, 0.25) is 5.91 Å². The van der Waals surface area contributed by atoms with Gasteiger partial charge in [-0.3, -0.25) is 14.4 Å². The van der Waals surface area contributed by atoms with Crippen molar-refractivity contribution in [1.29, 1.82) is 0 Å². The minimum atomic E-state index is -1.19. The van der Waals surface area contributed by atoms with Crippen molar-refractivity contribution in [3.05, 3.63) is 89.5 Å². The number of ketones is 1. The highest BCUT2D eigenvalue weighted by Crippen LogP contribution is 2.15. The molecule has 5 N–H and O–H groups in total. The zero-order chi connectivity index (χ0) is 28.4. The number of nitrogens with zero attached hydrogens (tertiary/aromatic N) is 1. The molecule has 0 saturated heterocycles. The molecular formula is C30H32N4O5. The van der Waals surface area contributed by atoms with Crippen LogP contribution < -0.4 is 20.9 Å². The SMILES string of the molecule is C[C@@H](O)[C@H](NC(=O)c1ccc(C#Cc2ccc(NC(=O)CNc3ccc(N(C)C)cc3)cc2)cc1)C(=O)CO. The second kappa shape index (κ2) is 13.8. The average molecular weight is 529 g/mol. The minimum absolute atomic E-state index is 0.133. The van der Waals surface area contributed by atoms with Crippen molar-refractivity contribution in [3.8, 4) is 11.8 Å². The summed E-state index contributed by atoms with van der Waals surface area (Å²) in [5, 5.41) is 27.1. The molecule has 0 aliphatic rings. The first-order valence-corrected chi connectivity index (χ1v) is 12.3. The number of benzene rings is 3. The molecule has 2 atom stereocenters. The van der Waals surface area contributed by atoms with Gasteiger partial charge in [-0.05, 0) is 79.7 Å². The van der Waals surface area contributed by atoms with E-state index in [9.17, 15) is 19.5 Å². The summed E-state index contributed by atoms with van der Waals surface area (Å²) in [7, 11) is 3.94. The molecule has 0 heterocycles. The Labute approximate surface area is 227 Å². The van der Waals surface area contributed by atoms with E-state index < -0.39 is 30.4 Å². The fourth-order valence-corrected chi connectivity index (χ4v) is 3.54. The first-order chi connectivity index (χ1) is 18.7. The number of carbonyl (C=O) groups is 3. The standard InChI is InChI=1S/C30H32N4O5/c1-20(36)29(27(37)19-35)33-30(39)23-10-6-21(7-11-23)4-5-22-8-12-25(13-9-22)32-28(38)18-31-24-14-16-26(17-15-24)34(2)3/h6-17,20,29,31,35-36H,18-19H2,1-3H3,(H,32,38)(H,33,39)/t20-,29+/m1/s1. The van der Waals surface area contributed by atoms with Gasteiger partial charge in [-0.15, -0.1) is 0 Å². The Bertz CT molecular complexity index is 1340. The molecule has 0 aliphatic carbocycles. The molecule has 39 heavy (non-hydrogen) atoms. The molecular weight excluding hydrogens is 496 g/mol. The predicted octanol–water partition coefficient (Wildman–Crippen LogP) is 2.24. The third kappa shape index (κ3) is 8.71. The van der Waals surface area contributed by atoms with Crippen LogP contribution in [0.1, 0.15) is 28.4 Å². The number of amides is 2. The summed E-state index contributed by atoms with van der Waals surface area (Å²) in [6.45, 7) is 0.719. The molecule has 0 unspecified atom stereocenters. The van der Waals surface area contributed by atoms with E-state index in [1.54, 1.807) is 48.5 Å². The molecule has 3 aromatic rings. The second-order valence-corrected chi connectivity index (χ2v) is 9.06. The quantitative estimate of drug-likeness (QED) is 0.255. The van der Waals surface area contributed by atoms with Crippen molar-refractivity contribution >= 4 is 34.7 Å². The number of Topliss-reactive ketones (excluding diaryl/α,β-unsaturated/α-hetero) is 1. The Hall–Kier alpha value is -4.65. The Kier molecular flexibility index (Phi) is 10.2. The number of nitrogens with one attached hydrogen (secondary N) is 3. The van der Waals surface area contributed by atoms with E-state index in [1.165, 1.54) is 6.92 Å². The molecule has 3 aromatic carbocycles. The Morgan fingerprint density at radius 1 is 0.846 bits per heavy atom. The topological polar surface area (TPSA) is 131 Å². The molecule has 0 bridgehead atoms. The lowest BCUT2D eigenvalue weighted by Crippen LogP contribution is -2.48. The maximum Gasteiger partial charge on any atom is 0.251 e. The summed E-state index contributed by atoms with van der Waals surface area (Å²) in [5.74, 6) is 4.66. The van der Waals surface area contributed by atoms with Crippen molar-refractivity contribution in [1.82, 2.24) is 5.32 Å². The molecule has 0 fully saturated rings. The predicted molar refractivity (Wildman–Crippen MR) is 152 cm³/mol. The number of hydrogen-bond acceptors (Lipinski definition) is 7. The zero-order valence-corrected chi connectivity index (χ0v) is 22.1. The first kappa shape index (κ1) is 28.9. The molecule has 0 aromatic heterocycles. The summed E-state index contributed by atoms with van der Waals surface area (Å²) in [6, 6.07) is 20.2. The van der Waals surface area contributed by atoms with E-state index >= 15 is 0 Å². The van der Waals surface area contributed by atoms with Gasteiger partial charge in [-0.2, -0.15) is 0 Å². The lowest BCUT2D eigenvalue weighted by molar-refractivity contribution is -0.125. The molecule has 0 saturated carbocycles. The largest absolute Gasteiger partial charge is 0.391 e. The van der Waals surface area contributed by atoms with Gasteiger partial charge in [0.15, 0.2) is 5.78 Å². The van der Waals surface area contributed by atoms with Gasteiger partial charge in [-0.25, -0.2) is 0 Å². The fraction of sp³-hybridized carbons (Fsp3) is 0.233. The molecule has 2 amide bonds. The monoisotopic (exact) mass is 528 g/mol. The number of rotatable bonds is 10. The Balaban J connectivity index is 1.52. The summed E-state index contributed by atoms with van der Waals surface area (Å²) in [5.41, 5.74) is 4.30. The number of hydrogen-bond donors (Lipinski definition) is 5. The van der Waals surface area contributed by atoms with Crippen LogP contribution >= 0.6 is 0 Å². The summed E-state index contributed by atoms with van der Waals surface area (Å²) < 4.78 is 0. The number of anilines is 3. The van der Waals surface area contributed by atoms with Crippen LogP contribution in [0.3, 0.4) is 0 Å². The molecule has 3 rings (SSSR count). The van der Waals surface area contributed by atoms with Crippen molar-refractivity contribution < 1.29 is 24.6 Å². The second-order valence-electron chi connectivity index (χ2n) is 9.06. The lowest BCUT2D eigenvalue weighted by atomic mass is 10.1. The third-order valence-corrected chi connectivity index (χ3v) is 5.78. The van der Waals surface area contributed by atoms with Gasteiger partial charge in [0, 0.05) is 47.8 Å². The number of carbonyl (C=O) groups excluding carboxylic acids is 3. The van der Waals surface area contributed by atoms with Crippen LogP contribution in [0.25, 0.3) is 0 Å². The van der Waals surface area contributed by atoms with Crippen LogP contribution in [0, 0.1) is 11.8 Å². The van der Waals surface area contributed by atoms with E-state index in [-0.39, 0.29) is 18.0 Å². The van der Waals surface area contributed by atoms with E-state index in [1.807, 2.05) is 43.3 Å². The van der Waals surface area contributed by atoms with Gasteiger partial charge in [0.25, 0.3) is 5.91 Å². The van der Waals surface area contributed by atoms with Crippen molar-refractivity contribution in [2.24, 2.45) is 0 Å². The van der Waals surface area contributed by atoms with Crippen molar-refractivity contribution in [2.75, 3.05) is 42.8 Å². The summed E-state index contributed by atoms with van der Waals surface area (Å²) in [6.07, 6.45) is -1.14. The van der Waals surface area contributed by atoms with Crippen LogP contribution in [0.15, 0.2) is 72.8 Å². The molecule has 0 spiro atoms. The molecule has 9 nitrogen and oxygen atoms in total. The normalized spacial score (nSPS) is 11.8. The van der Waals surface area contributed by atoms with Gasteiger partial charge >= 0.3 is 0 Å². The third-order valence-electron chi connectivity index (χ3n) is 5.78. The minimum Gasteiger partial charge on any atom is -0.391 e. The van der Waals surface area contributed by atoms with Gasteiger partial charge in [0.1, 0.15) is 12.6 Å². The highest BCUT2D eigenvalue weighted by atomic mass is 16.3. The smallest absolute Gasteiger partial charge is 0.251 e. The van der Waals surface area contributed by atoms with Gasteiger partial charge in [-0.1, -0.05) is 11.8 Å². The van der Waals surface area contributed by atoms with E-state index in [2.05, 4.69) is 27.8 Å². The molecule has 0 radical (unpaired) electrons. The maximum atomic E-state index is 12.4. The highest BCUT2D eigenvalue weighted by Gasteiger charge is 2.25. The first-order valence-electron chi connectivity index (χ1n) is 12.3. The highest BCUT2D eigenvalue weighted by molar-refractivity contribution is 5.98. The van der Waals surface area contributed by atoms with E-state index in [0.717, 1.165) is 16.9 Å². The van der Waals surface area contributed by atoms with Crippen LogP contribution in [0.2, 0.25) is 0 Å². The number of aliphatic hydroxyl groups excluding tert-OH is 2. The van der Waals surface area contributed by atoms with Crippen molar-refractivity contribution in [3.63, 3.8) is 0 Å². The number of aliphatic hydroxyl groups is 2. The van der Waals surface area contributed by atoms with Crippen LogP contribution in [-0.4, -0.2) is 67.2 Å². The van der Waals surface area contributed by atoms with E-state index in [4.69, 9.17) is 5.11 Å². The molecule has 202 valence electrons. The average Bonchev–Trinajstić information content (AvgIpc) is 2.94. The summed E-state index contributed by atoms with van der Waals surface area (Å²) >= 11 is 0. The fourth-order valence-electron chi connectivity index (χ4n) is 3.54. The van der Waals surface area contributed by atoms with E-state index in [0.29, 0.717) is 11.3 Å². The Morgan fingerprint density at radius 3 is 1.90 bits per heavy atom. The van der Waals surface area contributed by atoms with Gasteiger partial charge in [0.05, 0.1) is 12.6 Å². The van der Waals surface area contributed by atoms with Crippen molar-refractivity contribution in [2.45, 2.75) is 19.1 Å². The van der Waals surface area contributed by atoms with Crippen LogP contribution in [0.5, 0.6) is 0 Å². The zero-order valence-electron chi connectivity index (χ0n) is 22.1. The summed E-state index contributed by atoms with van der Waals surface area (Å²) in [4.78, 5) is 38.4. The lowest BCUT2D eigenvalue weighted by Gasteiger charge is -2.19. The van der Waals surface area contributed by atoms with Crippen LogP contribution in [-0.2, 0) is 9.59 Å². The van der Waals surface area contributed by atoms with Gasteiger partial charge < -0.3 is 31.1 Å².